The van der Waals surface area contributed by atoms with Crippen molar-refractivity contribution < 1.29 is 5.11 Å². The minimum atomic E-state index is 0.232. The van der Waals surface area contributed by atoms with E-state index in [1.807, 2.05) is 43.3 Å². The number of hydrogen-bond acceptors (Lipinski definition) is 5. The molecule has 4 rings (SSSR count). The molecule has 2 N–H and O–H groups in total. The second-order valence-corrected chi connectivity index (χ2v) is 7.22. The van der Waals surface area contributed by atoms with Crippen LogP contribution in [-0.4, -0.2) is 46.4 Å². The molecule has 0 spiro atoms. The van der Waals surface area contributed by atoms with Crippen LogP contribution in [0.3, 0.4) is 0 Å². The molecule has 5 heteroatoms. The summed E-state index contributed by atoms with van der Waals surface area (Å²) in [6, 6.07) is 14.2. The van der Waals surface area contributed by atoms with Crippen molar-refractivity contribution in [1.29, 1.82) is 0 Å². The number of nitrogens with zero attached hydrogens (tertiary/aromatic N) is 3. The highest BCUT2D eigenvalue weighted by molar-refractivity contribution is 5.90. The summed E-state index contributed by atoms with van der Waals surface area (Å²) in [5.74, 6) is 1.03. The first-order chi connectivity index (χ1) is 12.6. The van der Waals surface area contributed by atoms with Crippen molar-refractivity contribution in [1.82, 2.24) is 15.1 Å². The van der Waals surface area contributed by atoms with Crippen LogP contribution < -0.4 is 5.32 Å². The molecule has 1 fully saturated rings. The maximum absolute atomic E-state index is 10.5. The minimum Gasteiger partial charge on any atom is -0.507 e. The Morgan fingerprint density at radius 3 is 2.62 bits per heavy atom. The summed E-state index contributed by atoms with van der Waals surface area (Å²) >= 11 is 0. The lowest BCUT2D eigenvalue weighted by molar-refractivity contribution is 0.260. The number of aromatic nitrogens is 2. The molecular weight excluding hydrogens is 324 g/mol. The van der Waals surface area contributed by atoms with E-state index in [-0.39, 0.29) is 5.75 Å². The third-order valence-corrected chi connectivity index (χ3v) is 5.08. The number of aryl methyl sites for hydroxylation is 1. The van der Waals surface area contributed by atoms with Gasteiger partial charge in [0.1, 0.15) is 11.6 Å². The van der Waals surface area contributed by atoms with Gasteiger partial charge >= 0.3 is 0 Å². The number of benzene rings is 2. The van der Waals surface area contributed by atoms with Crippen LogP contribution in [0.15, 0.2) is 42.5 Å². The fourth-order valence-electron chi connectivity index (χ4n) is 3.73. The van der Waals surface area contributed by atoms with Gasteiger partial charge in [-0.3, -0.25) is 0 Å². The van der Waals surface area contributed by atoms with Gasteiger partial charge in [0, 0.05) is 18.2 Å². The minimum absolute atomic E-state index is 0.232. The summed E-state index contributed by atoms with van der Waals surface area (Å²) in [6.45, 7) is 4.19. The summed E-state index contributed by atoms with van der Waals surface area (Å²) in [5, 5.41) is 24.8. The highest BCUT2D eigenvalue weighted by atomic mass is 16.3. The van der Waals surface area contributed by atoms with Crippen molar-refractivity contribution in [3.8, 4) is 17.0 Å². The molecule has 1 aliphatic rings. The van der Waals surface area contributed by atoms with Crippen molar-refractivity contribution in [3.63, 3.8) is 0 Å². The maximum atomic E-state index is 10.5. The monoisotopic (exact) mass is 348 g/mol. The summed E-state index contributed by atoms with van der Waals surface area (Å²) in [6.07, 6.45) is 2.35. The zero-order chi connectivity index (χ0) is 18.1. The zero-order valence-electron chi connectivity index (χ0n) is 15.2. The van der Waals surface area contributed by atoms with E-state index in [2.05, 4.69) is 27.5 Å². The molecule has 0 saturated carbocycles. The van der Waals surface area contributed by atoms with Gasteiger partial charge in [-0.1, -0.05) is 24.3 Å². The van der Waals surface area contributed by atoms with Gasteiger partial charge in [-0.15, -0.1) is 10.2 Å². The highest BCUT2D eigenvalue weighted by Crippen LogP contribution is 2.34. The lowest BCUT2D eigenvalue weighted by Crippen LogP contribution is -2.39. The Labute approximate surface area is 153 Å². The number of likely N-dealkylation sites (tertiary alicyclic amines) is 1. The maximum Gasteiger partial charge on any atom is 0.149 e. The predicted molar refractivity (Wildman–Crippen MR) is 106 cm³/mol. The van der Waals surface area contributed by atoms with Crippen molar-refractivity contribution in [3.05, 3.63) is 48.0 Å². The molecule has 3 aromatic rings. The molecule has 1 aliphatic heterocycles. The number of likely N-dealkylation sites (N-methyl/N-ethyl adjacent to an activating group) is 1. The van der Waals surface area contributed by atoms with Crippen molar-refractivity contribution in [2.75, 3.05) is 25.5 Å². The number of nitrogens with one attached hydrogen (secondary N) is 1. The van der Waals surface area contributed by atoms with Gasteiger partial charge in [0.25, 0.3) is 0 Å². The van der Waals surface area contributed by atoms with E-state index in [1.165, 1.54) is 6.42 Å². The van der Waals surface area contributed by atoms with Crippen LogP contribution in [0.5, 0.6) is 5.75 Å². The first-order valence-electron chi connectivity index (χ1n) is 9.12. The van der Waals surface area contributed by atoms with Crippen molar-refractivity contribution in [2.45, 2.75) is 25.8 Å². The van der Waals surface area contributed by atoms with Gasteiger partial charge < -0.3 is 15.3 Å². The molecule has 1 saturated heterocycles. The van der Waals surface area contributed by atoms with Gasteiger partial charge in [-0.25, -0.2) is 0 Å². The van der Waals surface area contributed by atoms with Crippen LogP contribution in [0, 0.1) is 6.92 Å². The topological polar surface area (TPSA) is 61.3 Å². The largest absolute Gasteiger partial charge is 0.507 e. The predicted octanol–water partition coefficient (Wildman–Crippen LogP) is 3.82. The fourth-order valence-corrected chi connectivity index (χ4v) is 3.73. The standard InChI is InChI=1S/C21H24N4O/c1-14-10-20(22-17-8-5-9-25(2)13-17)23-24-21(14)18-11-15-6-3-4-7-16(15)12-19(18)26/h3-4,6-7,10-12,17,26H,5,8-9,13H2,1-2H3,(H,22,23)/t17-/m1/s1. The molecule has 26 heavy (non-hydrogen) atoms. The normalized spacial score (nSPS) is 18.2. The van der Waals surface area contributed by atoms with Crippen LogP contribution in [-0.2, 0) is 0 Å². The zero-order valence-corrected chi connectivity index (χ0v) is 15.2. The van der Waals surface area contributed by atoms with Crippen LogP contribution >= 0.6 is 0 Å². The van der Waals surface area contributed by atoms with E-state index in [4.69, 9.17) is 0 Å². The van der Waals surface area contributed by atoms with E-state index in [0.29, 0.717) is 6.04 Å². The van der Waals surface area contributed by atoms with E-state index in [1.54, 1.807) is 6.07 Å². The van der Waals surface area contributed by atoms with E-state index >= 15 is 0 Å². The lowest BCUT2D eigenvalue weighted by Gasteiger charge is -2.30. The molecule has 0 radical (unpaired) electrons. The second-order valence-electron chi connectivity index (χ2n) is 7.22. The molecule has 0 aliphatic carbocycles. The molecule has 0 amide bonds. The number of phenols is 1. The average Bonchev–Trinajstić information content (AvgIpc) is 2.62. The fraction of sp³-hybridized carbons (Fsp3) is 0.333. The molecule has 0 bridgehead atoms. The Balaban J connectivity index is 1.63. The van der Waals surface area contributed by atoms with Crippen molar-refractivity contribution in [2.24, 2.45) is 0 Å². The molecule has 2 aromatic carbocycles. The average molecular weight is 348 g/mol. The second kappa shape index (κ2) is 6.92. The number of fused-ring (bicyclic) bond motifs is 1. The van der Waals surface area contributed by atoms with Crippen LogP contribution in [0.25, 0.3) is 22.0 Å². The number of piperidine rings is 1. The molecule has 1 aromatic heterocycles. The van der Waals surface area contributed by atoms with Gasteiger partial charge in [0.2, 0.25) is 0 Å². The molecule has 134 valence electrons. The first-order valence-corrected chi connectivity index (χ1v) is 9.12. The quantitative estimate of drug-likeness (QED) is 0.753. The Hall–Kier alpha value is -2.66. The Kier molecular flexibility index (Phi) is 4.47. The Morgan fingerprint density at radius 2 is 1.88 bits per heavy atom. The Bertz CT molecular complexity index is 940. The van der Waals surface area contributed by atoms with Gasteiger partial charge in [0.15, 0.2) is 0 Å². The number of phenolic OH excluding ortho intramolecular Hbond substituents is 1. The number of hydrogen-bond donors (Lipinski definition) is 2. The SMILES string of the molecule is Cc1cc(N[C@@H]2CCCN(C)C2)nnc1-c1cc2ccccc2cc1O. The van der Waals surface area contributed by atoms with Gasteiger partial charge in [-0.2, -0.15) is 0 Å². The molecule has 5 nitrogen and oxygen atoms in total. The summed E-state index contributed by atoms with van der Waals surface area (Å²) in [7, 11) is 2.15. The first kappa shape index (κ1) is 16.8. The summed E-state index contributed by atoms with van der Waals surface area (Å²) in [4.78, 5) is 2.34. The van der Waals surface area contributed by atoms with E-state index in [0.717, 1.165) is 52.9 Å². The molecular formula is C21H24N4O. The third kappa shape index (κ3) is 3.35. The molecule has 2 heterocycles. The third-order valence-electron chi connectivity index (χ3n) is 5.08. The number of anilines is 1. The van der Waals surface area contributed by atoms with Crippen LogP contribution in [0.1, 0.15) is 18.4 Å². The van der Waals surface area contributed by atoms with Crippen molar-refractivity contribution >= 4 is 16.6 Å². The van der Waals surface area contributed by atoms with Gasteiger partial charge in [0.05, 0.1) is 5.69 Å². The summed E-state index contributed by atoms with van der Waals surface area (Å²) < 4.78 is 0. The highest BCUT2D eigenvalue weighted by Gasteiger charge is 2.18. The molecule has 0 unspecified atom stereocenters. The number of aromatic hydroxyl groups is 1. The summed E-state index contributed by atoms with van der Waals surface area (Å²) in [5.41, 5.74) is 2.44. The Morgan fingerprint density at radius 1 is 1.12 bits per heavy atom. The molecule has 1 atom stereocenters. The van der Waals surface area contributed by atoms with E-state index in [9.17, 15) is 5.11 Å². The van der Waals surface area contributed by atoms with Gasteiger partial charge in [-0.05, 0) is 67.9 Å². The number of rotatable bonds is 3. The van der Waals surface area contributed by atoms with E-state index < -0.39 is 0 Å². The lowest BCUT2D eigenvalue weighted by atomic mass is 10.0. The smallest absolute Gasteiger partial charge is 0.149 e. The van der Waals surface area contributed by atoms with Crippen LogP contribution in [0.4, 0.5) is 5.82 Å². The van der Waals surface area contributed by atoms with Crippen LogP contribution in [0.2, 0.25) is 0 Å².